The van der Waals surface area contributed by atoms with E-state index in [4.69, 9.17) is 20.8 Å². The summed E-state index contributed by atoms with van der Waals surface area (Å²) in [6, 6.07) is 16.9. The first-order chi connectivity index (χ1) is 19.2. The van der Waals surface area contributed by atoms with E-state index >= 15 is 0 Å². The van der Waals surface area contributed by atoms with E-state index in [1.54, 1.807) is 42.6 Å². The summed E-state index contributed by atoms with van der Waals surface area (Å²) < 4.78 is 47.7. The molecule has 9 nitrogen and oxygen atoms in total. The summed E-state index contributed by atoms with van der Waals surface area (Å²) in [5.41, 5.74) is 2.60. The number of nitrogens with zero attached hydrogens (tertiary/aromatic N) is 3. The number of fused-ring (bicyclic) bond motifs is 1. The van der Waals surface area contributed by atoms with Gasteiger partial charge in [0.1, 0.15) is 51.6 Å². The quantitative estimate of drug-likeness (QED) is 0.194. The van der Waals surface area contributed by atoms with Crippen LogP contribution in [-0.4, -0.2) is 41.9 Å². The Balaban J connectivity index is 1.29. The number of sulfone groups is 1. The van der Waals surface area contributed by atoms with Gasteiger partial charge in [0.05, 0.1) is 29.0 Å². The smallest absolute Gasteiger partial charge is 0.152 e. The molecule has 40 heavy (non-hydrogen) atoms. The molecule has 12 heteroatoms. The van der Waals surface area contributed by atoms with Crippen LogP contribution in [0.3, 0.4) is 0 Å². The van der Waals surface area contributed by atoms with Crippen LogP contribution in [0.5, 0.6) is 5.75 Å². The van der Waals surface area contributed by atoms with Crippen LogP contribution in [0, 0.1) is 5.82 Å². The SMILES string of the molecule is CS(=O)(=O)CCNCc1ccc(-c2cc3c(Nc4ccc(OCc5cccc(F)c5)c(Cl)c4)ncnc3cn2)o1. The lowest BCUT2D eigenvalue weighted by Crippen LogP contribution is -2.21. The Morgan fingerprint density at radius 1 is 1.05 bits per heavy atom. The molecule has 2 aromatic carbocycles. The molecule has 0 spiro atoms. The van der Waals surface area contributed by atoms with Crippen LogP contribution >= 0.6 is 11.6 Å². The molecule has 0 saturated carbocycles. The second-order valence-corrected chi connectivity index (χ2v) is 11.7. The Morgan fingerprint density at radius 2 is 1.93 bits per heavy atom. The zero-order valence-electron chi connectivity index (χ0n) is 21.4. The number of furan rings is 1. The van der Waals surface area contributed by atoms with E-state index in [0.717, 1.165) is 5.39 Å². The minimum Gasteiger partial charge on any atom is -0.487 e. The maximum absolute atomic E-state index is 13.4. The van der Waals surface area contributed by atoms with Crippen LogP contribution in [0.2, 0.25) is 5.02 Å². The predicted octanol–water partition coefficient (Wildman–Crippen LogP) is 5.53. The van der Waals surface area contributed by atoms with Crippen molar-refractivity contribution in [2.75, 3.05) is 23.9 Å². The van der Waals surface area contributed by atoms with Crippen LogP contribution in [0.1, 0.15) is 11.3 Å². The lowest BCUT2D eigenvalue weighted by atomic mass is 10.2. The summed E-state index contributed by atoms with van der Waals surface area (Å²) in [5, 5.41) is 7.43. The first kappa shape index (κ1) is 27.5. The number of halogens is 2. The van der Waals surface area contributed by atoms with Gasteiger partial charge >= 0.3 is 0 Å². The maximum Gasteiger partial charge on any atom is 0.152 e. The first-order valence-corrected chi connectivity index (χ1v) is 14.7. The molecule has 5 rings (SSSR count). The molecule has 0 radical (unpaired) electrons. The highest BCUT2D eigenvalue weighted by molar-refractivity contribution is 7.90. The Labute approximate surface area is 235 Å². The van der Waals surface area contributed by atoms with E-state index in [9.17, 15) is 12.8 Å². The molecular formula is C28H25ClFN5O4S. The second-order valence-electron chi connectivity index (χ2n) is 9.07. The van der Waals surface area contributed by atoms with E-state index < -0.39 is 9.84 Å². The van der Waals surface area contributed by atoms with Crippen LogP contribution in [0.15, 0.2) is 77.6 Å². The van der Waals surface area contributed by atoms with Crippen molar-refractivity contribution >= 4 is 43.8 Å². The average molecular weight is 582 g/mol. The molecule has 0 atom stereocenters. The third-order valence-electron chi connectivity index (χ3n) is 5.86. The zero-order valence-corrected chi connectivity index (χ0v) is 23.0. The number of pyridine rings is 1. The van der Waals surface area contributed by atoms with Gasteiger partial charge in [-0.1, -0.05) is 23.7 Å². The Bertz CT molecular complexity index is 1760. The Kier molecular flexibility index (Phi) is 8.24. The fourth-order valence-electron chi connectivity index (χ4n) is 3.89. The number of rotatable bonds is 11. The summed E-state index contributed by atoms with van der Waals surface area (Å²) in [6.07, 6.45) is 4.28. The third kappa shape index (κ3) is 7.12. The maximum atomic E-state index is 13.4. The lowest BCUT2D eigenvalue weighted by Gasteiger charge is -2.12. The van der Waals surface area contributed by atoms with Crippen LogP contribution < -0.4 is 15.4 Å². The fraction of sp³-hybridized carbons (Fsp3) is 0.179. The molecule has 0 saturated heterocycles. The van der Waals surface area contributed by atoms with Gasteiger partial charge in [-0.2, -0.15) is 0 Å². The number of aromatic nitrogens is 3. The van der Waals surface area contributed by atoms with Crippen molar-refractivity contribution in [1.82, 2.24) is 20.3 Å². The molecule has 0 fully saturated rings. The summed E-state index contributed by atoms with van der Waals surface area (Å²) in [7, 11) is -3.03. The number of nitrogens with one attached hydrogen (secondary N) is 2. The third-order valence-corrected chi connectivity index (χ3v) is 7.10. The van der Waals surface area contributed by atoms with Crippen LogP contribution in [-0.2, 0) is 23.0 Å². The zero-order chi connectivity index (χ0) is 28.1. The van der Waals surface area contributed by atoms with Gasteiger partial charge in [0.2, 0.25) is 0 Å². The van der Waals surface area contributed by atoms with Gasteiger partial charge < -0.3 is 19.8 Å². The summed E-state index contributed by atoms with van der Waals surface area (Å²) in [5.74, 6) is 1.95. The minimum absolute atomic E-state index is 0.0540. The van der Waals surface area contributed by atoms with Gasteiger partial charge in [-0.05, 0) is 54.1 Å². The van der Waals surface area contributed by atoms with Crippen LogP contribution in [0.4, 0.5) is 15.9 Å². The highest BCUT2D eigenvalue weighted by atomic mass is 35.5. The molecule has 3 heterocycles. The average Bonchev–Trinajstić information content (AvgIpc) is 3.39. The Morgan fingerprint density at radius 3 is 2.73 bits per heavy atom. The number of benzene rings is 2. The van der Waals surface area contributed by atoms with Crippen molar-refractivity contribution < 1.29 is 22.0 Å². The van der Waals surface area contributed by atoms with Gasteiger partial charge in [-0.25, -0.2) is 22.8 Å². The molecule has 0 aliphatic carbocycles. The van der Waals surface area contributed by atoms with Crippen molar-refractivity contribution in [3.8, 4) is 17.2 Å². The molecule has 0 unspecified atom stereocenters. The van der Waals surface area contributed by atoms with E-state index in [-0.39, 0.29) is 18.2 Å². The van der Waals surface area contributed by atoms with E-state index in [2.05, 4.69) is 25.6 Å². The topological polar surface area (TPSA) is 119 Å². The van der Waals surface area contributed by atoms with Crippen molar-refractivity contribution in [3.05, 3.63) is 95.4 Å². The van der Waals surface area contributed by atoms with Crippen molar-refractivity contribution in [1.29, 1.82) is 0 Å². The lowest BCUT2D eigenvalue weighted by molar-refractivity contribution is 0.306. The normalized spacial score (nSPS) is 11.6. The molecular weight excluding hydrogens is 557 g/mol. The van der Waals surface area contributed by atoms with Crippen LogP contribution in [0.25, 0.3) is 22.4 Å². The molecule has 5 aromatic rings. The Hall–Kier alpha value is -4.06. The molecule has 0 aliphatic heterocycles. The number of ether oxygens (including phenoxy) is 1. The summed E-state index contributed by atoms with van der Waals surface area (Å²) in [6.45, 7) is 0.906. The molecule has 2 N–H and O–H groups in total. The predicted molar refractivity (Wildman–Crippen MR) is 152 cm³/mol. The van der Waals surface area contributed by atoms with E-state index in [1.807, 2.05) is 12.1 Å². The molecule has 0 aliphatic rings. The summed E-state index contributed by atoms with van der Waals surface area (Å²) in [4.78, 5) is 13.2. The van der Waals surface area contributed by atoms with Crippen molar-refractivity contribution in [2.45, 2.75) is 13.2 Å². The minimum atomic E-state index is -3.03. The second kappa shape index (κ2) is 12.0. The molecule has 3 aromatic heterocycles. The van der Waals surface area contributed by atoms with Gasteiger partial charge in [0.25, 0.3) is 0 Å². The highest BCUT2D eigenvalue weighted by Gasteiger charge is 2.12. The fourth-order valence-corrected chi connectivity index (χ4v) is 4.64. The molecule has 0 bridgehead atoms. The standard InChI is InChI=1S/C28H25ClFN5O4S/c1-40(36,37)10-9-31-14-21-6-8-27(39-21)24-13-22-25(15-32-24)33-17-34-28(22)35-20-5-7-26(23(29)12-20)38-16-18-3-2-4-19(30)11-18/h2-8,11-13,15,17,31H,9-10,14,16H2,1H3,(H,33,34,35). The van der Waals surface area contributed by atoms with Crippen molar-refractivity contribution in [2.24, 2.45) is 0 Å². The highest BCUT2D eigenvalue weighted by Crippen LogP contribution is 2.32. The largest absolute Gasteiger partial charge is 0.487 e. The van der Waals surface area contributed by atoms with E-state index in [1.165, 1.54) is 24.7 Å². The van der Waals surface area contributed by atoms with Gasteiger partial charge in [0.15, 0.2) is 5.76 Å². The monoisotopic (exact) mass is 581 g/mol. The first-order valence-electron chi connectivity index (χ1n) is 12.3. The molecule has 206 valence electrons. The summed E-state index contributed by atoms with van der Waals surface area (Å²) >= 11 is 6.46. The van der Waals surface area contributed by atoms with Gasteiger partial charge in [-0.15, -0.1) is 0 Å². The number of hydrogen-bond donors (Lipinski definition) is 2. The number of anilines is 2. The van der Waals surface area contributed by atoms with Gasteiger partial charge in [0, 0.05) is 23.9 Å². The van der Waals surface area contributed by atoms with Gasteiger partial charge in [-0.3, -0.25) is 4.98 Å². The van der Waals surface area contributed by atoms with E-state index in [0.29, 0.717) is 63.7 Å². The molecule has 0 amide bonds. The number of hydrogen-bond acceptors (Lipinski definition) is 9. The van der Waals surface area contributed by atoms with Crippen molar-refractivity contribution in [3.63, 3.8) is 0 Å².